The maximum Gasteiger partial charge on any atom is 0.344 e. The van der Waals surface area contributed by atoms with Gasteiger partial charge in [0, 0.05) is 6.54 Å². The van der Waals surface area contributed by atoms with Crippen LogP contribution in [0.1, 0.15) is 35.7 Å². The second-order valence-corrected chi connectivity index (χ2v) is 7.73. The van der Waals surface area contributed by atoms with Crippen molar-refractivity contribution in [1.29, 1.82) is 0 Å². The first-order chi connectivity index (χ1) is 16.1. The van der Waals surface area contributed by atoms with E-state index >= 15 is 0 Å². The van der Waals surface area contributed by atoms with Crippen molar-refractivity contribution in [1.82, 2.24) is 14.5 Å². The molecule has 0 saturated carbocycles. The summed E-state index contributed by atoms with van der Waals surface area (Å²) in [6, 6.07) is 13.3. The average Bonchev–Trinajstić information content (AvgIpc) is 3.11. The van der Waals surface area contributed by atoms with Crippen LogP contribution in [0, 0.1) is 0 Å². The SMILES string of the molecule is CCCCOC(=O)c1c(N)n(CCc2ccc(OC)c(OC)c2)c2nc3ccccc3nc12. The van der Waals surface area contributed by atoms with Crippen LogP contribution >= 0.6 is 0 Å². The summed E-state index contributed by atoms with van der Waals surface area (Å²) >= 11 is 0. The zero-order chi connectivity index (χ0) is 23.4. The third-order valence-electron chi connectivity index (χ3n) is 5.60. The number of unbranched alkanes of at least 4 members (excludes halogenated alkanes) is 1. The van der Waals surface area contributed by atoms with E-state index in [-0.39, 0.29) is 5.56 Å². The molecule has 0 unspecified atom stereocenters. The van der Waals surface area contributed by atoms with Gasteiger partial charge in [0.2, 0.25) is 0 Å². The summed E-state index contributed by atoms with van der Waals surface area (Å²) in [7, 11) is 3.21. The largest absolute Gasteiger partial charge is 0.493 e. The lowest BCUT2D eigenvalue weighted by atomic mass is 10.1. The maximum absolute atomic E-state index is 12.9. The fourth-order valence-corrected chi connectivity index (χ4v) is 3.80. The summed E-state index contributed by atoms with van der Waals surface area (Å²) in [5.41, 5.74) is 10.3. The van der Waals surface area contributed by atoms with Crippen LogP contribution in [0.4, 0.5) is 5.82 Å². The number of carbonyl (C=O) groups is 1. The number of carbonyl (C=O) groups excluding carboxylic acids is 1. The summed E-state index contributed by atoms with van der Waals surface area (Å²) in [6.45, 7) is 2.89. The van der Waals surface area contributed by atoms with E-state index < -0.39 is 5.97 Å². The Kier molecular flexibility index (Phi) is 6.63. The molecule has 8 heteroatoms. The van der Waals surface area contributed by atoms with Gasteiger partial charge in [-0.1, -0.05) is 31.5 Å². The van der Waals surface area contributed by atoms with Crippen molar-refractivity contribution in [2.45, 2.75) is 32.7 Å². The first-order valence-corrected chi connectivity index (χ1v) is 11.0. The Morgan fingerprint density at radius 3 is 2.45 bits per heavy atom. The molecule has 0 fully saturated rings. The number of hydrogen-bond acceptors (Lipinski definition) is 7. The Hall–Kier alpha value is -3.81. The first-order valence-electron chi connectivity index (χ1n) is 11.0. The number of para-hydroxylation sites is 2. The van der Waals surface area contributed by atoms with Crippen molar-refractivity contribution in [3.63, 3.8) is 0 Å². The summed E-state index contributed by atoms with van der Waals surface area (Å²) in [5.74, 6) is 1.16. The van der Waals surface area contributed by atoms with Crippen molar-refractivity contribution in [2.75, 3.05) is 26.6 Å². The predicted molar refractivity (Wildman–Crippen MR) is 128 cm³/mol. The van der Waals surface area contributed by atoms with Crippen LogP contribution in [-0.4, -0.2) is 41.3 Å². The molecule has 0 atom stereocenters. The quantitative estimate of drug-likeness (QED) is 0.299. The Labute approximate surface area is 192 Å². The van der Waals surface area contributed by atoms with E-state index in [2.05, 4.69) is 0 Å². The molecule has 0 spiro atoms. The van der Waals surface area contributed by atoms with E-state index in [1.54, 1.807) is 14.2 Å². The highest BCUT2D eigenvalue weighted by molar-refractivity contribution is 6.08. The lowest BCUT2D eigenvalue weighted by Gasteiger charge is -2.11. The second-order valence-electron chi connectivity index (χ2n) is 7.73. The van der Waals surface area contributed by atoms with Crippen molar-refractivity contribution in [3.05, 3.63) is 53.6 Å². The Morgan fingerprint density at radius 2 is 1.76 bits per heavy atom. The highest BCUT2D eigenvalue weighted by Gasteiger charge is 2.25. The van der Waals surface area contributed by atoms with E-state index in [0.717, 1.165) is 23.9 Å². The second kappa shape index (κ2) is 9.77. The number of methoxy groups -OCH3 is 2. The minimum Gasteiger partial charge on any atom is -0.493 e. The normalized spacial score (nSPS) is 11.1. The highest BCUT2D eigenvalue weighted by Crippen LogP contribution is 2.31. The molecule has 0 saturated heterocycles. The lowest BCUT2D eigenvalue weighted by molar-refractivity contribution is 0.0503. The molecule has 4 aromatic rings. The number of nitrogens with zero attached hydrogens (tertiary/aromatic N) is 3. The first kappa shape index (κ1) is 22.4. The summed E-state index contributed by atoms with van der Waals surface area (Å²) in [5, 5.41) is 0. The van der Waals surface area contributed by atoms with Crippen LogP contribution in [0.15, 0.2) is 42.5 Å². The Bertz CT molecular complexity index is 1300. The van der Waals surface area contributed by atoms with E-state index in [0.29, 0.717) is 53.6 Å². The number of rotatable bonds is 9. The molecule has 0 aliphatic heterocycles. The van der Waals surface area contributed by atoms with Crippen molar-refractivity contribution in [3.8, 4) is 11.5 Å². The molecule has 33 heavy (non-hydrogen) atoms. The molecular formula is C25H28N4O4. The van der Waals surface area contributed by atoms with E-state index in [9.17, 15) is 4.79 Å². The predicted octanol–water partition coefficient (Wildman–Crippen LogP) is 4.38. The molecule has 0 amide bonds. The van der Waals surface area contributed by atoms with Crippen LogP contribution in [0.25, 0.3) is 22.2 Å². The van der Waals surface area contributed by atoms with Crippen LogP contribution in [-0.2, 0) is 17.7 Å². The number of nitrogens with two attached hydrogens (primary N) is 1. The molecule has 4 rings (SSSR count). The van der Waals surface area contributed by atoms with Crippen molar-refractivity contribution in [2.24, 2.45) is 0 Å². The third-order valence-corrected chi connectivity index (χ3v) is 5.60. The van der Waals surface area contributed by atoms with Gasteiger partial charge in [-0.2, -0.15) is 0 Å². The van der Waals surface area contributed by atoms with Crippen molar-refractivity contribution >= 4 is 34.0 Å². The fraction of sp³-hybridized carbons (Fsp3) is 0.320. The number of hydrogen-bond donors (Lipinski definition) is 1. The maximum atomic E-state index is 12.9. The topological polar surface area (TPSA) is 101 Å². The summed E-state index contributed by atoms with van der Waals surface area (Å²) < 4.78 is 18.0. The van der Waals surface area contributed by atoms with Gasteiger partial charge >= 0.3 is 5.97 Å². The highest BCUT2D eigenvalue weighted by atomic mass is 16.5. The van der Waals surface area contributed by atoms with Crippen molar-refractivity contribution < 1.29 is 19.0 Å². The number of aryl methyl sites for hydroxylation is 2. The van der Waals surface area contributed by atoms with E-state index in [1.165, 1.54) is 0 Å². The van der Waals surface area contributed by atoms with Gasteiger partial charge in [0.25, 0.3) is 0 Å². The lowest BCUT2D eigenvalue weighted by Crippen LogP contribution is -2.11. The van der Waals surface area contributed by atoms with Gasteiger partial charge in [-0.05, 0) is 42.7 Å². The molecule has 0 aliphatic carbocycles. The number of nitrogen functional groups attached to an aromatic ring is 1. The standard InChI is InChI=1S/C25H28N4O4/c1-4-5-14-33-25(30)21-22-24(28-18-9-7-6-8-17(18)27-22)29(23(21)26)13-12-16-10-11-19(31-2)20(15-16)32-3/h6-11,15H,4-5,12-14,26H2,1-3H3. The zero-order valence-corrected chi connectivity index (χ0v) is 19.1. The van der Waals surface area contributed by atoms with Gasteiger partial charge in [0.05, 0.1) is 31.9 Å². The van der Waals surface area contributed by atoms with Gasteiger partial charge < -0.3 is 24.5 Å². The zero-order valence-electron chi connectivity index (χ0n) is 19.1. The van der Waals surface area contributed by atoms with Gasteiger partial charge in [-0.3, -0.25) is 0 Å². The molecule has 2 aromatic carbocycles. The van der Waals surface area contributed by atoms with Crippen LogP contribution in [0.2, 0.25) is 0 Å². The minimum absolute atomic E-state index is 0.270. The van der Waals surface area contributed by atoms with Gasteiger partial charge in [-0.15, -0.1) is 0 Å². The molecule has 2 aromatic heterocycles. The number of fused-ring (bicyclic) bond motifs is 2. The fourth-order valence-electron chi connectivity index (χ4n) is 3.80. The number of benzene rings is 2. The van der Waals surface area contributed by atoms with Crippen LogP contribution < -0.4 is 15.2 Å². The Balaban J connectivity index is 1.74. The number of esters is 1. The van der Waals surface area contributed by atoms with Gasteiger partial charge in [0.15, 0.2) is 17.1 Å². The third kappa shape index (κ3) is 4.41. The number of anilines is 1. The molecule has 8 nitrogen and oxygen atoms in total. The molecule has 172 valence electrons. The number of aromatic nitrogens is 3. The molecule has 2 N–H and O–H groups in total. The van der Waals surface area contributed by atoms with Gasteiger partial charge in [-0.25, -0.2) is 14.8 Å². The average molecular weight is 449 g/mol. The molecule has 0 radical (unpaired) electrons. The van der Waals surface area contributed by atoms with E-state index in [1.807, 2.05) is 54.0 Å². The summed E-state index contributed by atoms with van der Waals surface area (Å²) in [6.07, 6.45) is 2.37. The molecule has 2 heterocycles. The molecular weight excluding hydrogens is 420 g/mol. The molecule has 0 bridgehead atoms. The molecule has 0 aliphatic rings. The van der Waals surface area contributed by atoms with Crippen LogP contribution in [0.3, 0.4) is 0 Å². The van der Waals surface area contributed by atoms with E-state index in [4.69, 9.17) is 29.9 Å². The van der Waals surface area contributed by atoms with Gasteiger partial charge in [0.1, 0.15) is 16.9 Å². The monoisotopic (exact) mass is 448 g/mol. The van der Waals surface area contributed by atoms with Crippen LogP contribution in [0.5, 0.6) is 11.5 Å². The summed E-state index contributed by atoms with van der Waals surface area (Å²) in [4.78, 5) is 22.4. The minimum atomic E-state index is -0.472. The number of ether oxygens (including phenoxy) is 3. The Morgan fingerprint density at radius 1 is 1.03 bits per heavy atom. The smallest absolute Gasteiger partial charge is 0.344 e.